The van der Waals surface area contributed by atoms with Gasteiger partial charge in [0.1, 0.15) is 12.2 Å². The summed E-state index contributed by atoms with van der Waals surface area (Å²) < 4.78 is 0. The van der Waals surface area contributed by atoms with Gasteiger partial charge in [-0.25, -0.2) is 5.43 Å². The second-order valence-electron chi connectivity index (χ2n) is 5.87. The first-order valence-electron chi connectivity index (χ1n) is 8.21. The van der Waals surface area contributed by atoms with Gasteiger partial charge in [0.25, 0.3) is 0 Å². The van der Waals surface area contributed by atoms with E-state index in [1.165, 1.54) is 12.3 Å². The third-order valence-corrected chi connectivity index (χ3v) is 4.59. The van der Waals surface area contributed by atoms with Crippen molar-refractivity contribution in [2.45, 2.75) is 6.42 Å². The zero-order chi connectivity index (χ0) is 20.1. The number of benzene rings is 3. The van der Waals surface area contributed by atoms with Gasteiger partial charge in [-0.3, -0.25) is 9.59 Å². The lowest BCUT2D eigenvalue weighted by Crippen LogP contribution is -2.24. The van der Waals surface area contributed by atoms with Crippen molar-refractivity contribution in [1.82, 2.24) is 5.43 Å². The van der Waals surface area contributed by atoms with Crippen LogP contribution in [0, 0.1) is 0 Å². The van der Waals surface area contributed by atoms with Crippen molar-refractivity contribution in [2.24, 2.45) is 5.10 Å². The molecule has 3 aromatic carbocycles. The van der Waals surface area contributed by atoms with Crippen LogP contribution in [0.4, 0.5) is 5.69 Å². The SMILES string of the molecule is O=C(CC(=O)Nc1ccc(Cl)c(Cl)c1)N/N=C/c1c(O)ccc2ccccc12. The molecule has 0 saturated carbocycles. The molecule has 0 unspecified atom stereocenters. The number of aromatic hydroxyl groups is 1. The fraction of sp³-hybridized carbons (Fsp3) is 0.0500. The van der Waals surface area contributed by atoms with Crippen molar-refractivity contribution < 1.29 is 14.7 Å². The molecule has 28 heavy (non-hydrogen) atoms. The number of nitrogens with one attached hydrogen (secondary N) is 2. The summed E-state index contributed by atoms with van der Waals surface area (Å²) in [5.74, 6) is -1.10. The van der Waals surface area contributed by atoms with Gasteiger partial charge in [0.05, 0.1) is 16.3 Å². The van der Waals surface area contributed by atoms with E-state index < -0.39 is 18.2 Å². The van der Waals surface area contributed by atoms with E-state index in [1.54, 1.807) is 24.3 Å². The number of rotatable bonds is 5. The average molecular weight is 416 g/mol. The maximum Gasteiger partial charge on any atom is 0.249 e. The molecule has 142 valence electrons. The van der Waals surface area contributed by atoms with Gasteiger partial charge in [-0.2, -0.15) is 5.10 Å². The fourth-order valence-electron chi connectivity index (χ4n) is 2.55. The minimum absolute atomic E-state index is 0.0362. The normalized spacial score (nSPS) is 10.9. The average Bonchev–Trinajstić information content (AvgIpc) is 2.66. The lowest BCUT2D eigenvalue weighted by Gasteiger charge is -2.06. The third kappa shape index (κ3) is 4.79. The van der Waals surface area contributed by atoms with Crippen LogP contribution in [-0.4, -0.2) is 23.1 Å². The number of carbonyl (C=O) groups is 2. The van der Waals surface area contributed by atoms with Gasteiger partial charge in [0, 0.05) is 11.3 Å². The van der Waals surface area contributed by atoms with Gasteiger partial charge < -0.3 is 10.4 Å². The second-order valence-corrected chi connectivity index (χ2v) is 6.68. The van der Waals surface area contributed by atoms with Crippen LogP contribution in [0.2, 0.25) is 10.0 Å². The predicted octanol–water partition coefficient (Wildman–Crippen LogP) is 4.33. The number of amides is 2. The van der Waals surface area contributed by atoms with Crippen LogP contribution in [0.5, 0.6) is 5.75 Å². The molecular formula is C20H15Cl2N3O3. The predicted molar refractivity (Wildman–Crippen MR) is 111 cm³/mol. The highest BCUT2D eigenvalue weighted by Crippen LogP contribution is 2.26. The van der Waals surface area contributed by atoms with Crippen LogP contribution < -0.4 is 10.7 Å². The van der Waals surface area contributed by atoms with Gasteiger partial charge in [-0.05, 0) is 35.0 Å². The molecule has 6 nitrogen and oxygen atoms in total. The Morgan fingerprint density at radius 2 is 1.79 bits per heavy atom. The van der Waals surface area contributed by atoms with E-state index in [2.05, 4.69) is 15.8 Å². The van der Waals surface area contributed by atoms with Crippen molar-refractivity contribution in [3.8, 4) is 5.75 Å². The summed E-state index contributed by atoms with van der Waals surface area (Å²) in [7, 11) is 0. The molecule has 3 N–H and O–H groups in total. The van der Waals surface area contributed by atoms with E-state index in [0.717, 1.165) is 10.8 Å². The summed E-state index contributed by atoms with van der Waals surface area (Å²) in [5, 5.41) is 18.8. The molecule has 0 atom stereocenters. The van der Waals surface area contributed by atoms with Crippen molar-refractivity contribution >= 4 is 57.7 Å². The third-order valence-electron chi connectivity index (χ3n) is 3.86. The summed E-state index contributed by atoms with van der Waals surface area (Å²) in [6.45, 7) is 0. The monoisotopic (exact) mass is 415 g/mol. The lowest BCUT2D eigenvalue weighted by molar-refractivity contribution is -0.126. The highest BCUT2D eigenvalue weighted by molar-refractivity contribution is 6.42. The summed E-state index contributed by atoms with van der Waals surface area (Å²) >= 11 is 11.7. The van der Waals surface area contributed by atoms with Gasteiger partial charge >= 0.3 is 0 Å². The van der Waals surface area contributed by atoms with Crippen LogP contribution in [-0.2, 0) is 9.59 Å². The maximum absolute atomic E-state index is 11.9. The van der Waals surface area contributed by atoms with Gasteiger partial charge in [-0.15, -0.1) is 0 Å². The van der Waals surface area contributed by atoms with Crippen LogP contribution in [0.15, 0.2) is 59.7 Å². The molecule has 2 amide bonds. The molecule has 0 spiro atoms. The Bertz CT molecular complexity index is 1080. The topological polar surface area (TPSA) is 90.8 Å². The van der Waals surface area contributed by atoms with Crippen LogP contribution in [0.3, 0.4) is 0 Å². The van der Waals surface area contributed by atoms with Gasteiger partial charge in [-0.1, -0.05) is 53.5 Å². The van der Waals surface area contributed by atoms with Crippen molar-refractivity contribution in [1.29, 1.82) is 0 Å². The molecule has 0 aliphatic heterocycles. The van der Waals surface area contributed by atoms with E-state index >= 15 is 0 Å². The first kappa shape index (κ1) is 19.7. The number of halogens is 2. The molecule has 0 aliphatic rings. The second kappa shape index (κ2) is 8.73. The zero-order valence-corrected chi connectivity index (χ0v) is 16.0. The smallest absolute Gasteiger partial charge is 0.249 e. The minimum Gasteiger partial charge on any atom is -0.507 e. The Morgan fingerprint density at radius 3 is 2.57 bits per heavy atom. The maximum atomic E-state index is 11.9. The van der Waals surface area contributed by atoms with E-state index in [1.807, 2.05) is 24.3 Å². The minimum atomic E-state index is -0.603. The number of fused-ring (bicyclic) bond motifs is 1. The molecule has 0 saturated heterocycles. The molecule has 0 aliphatic carbocycles. The Kier molecular flexibility index (Phi) is 6.13. The van der Waals surface area contributed by atoms with Crippen LogP contribution in [0.1, 0.15) is 12.0 Å². The Labute approximate surface area is 170 Å². The summed E-state index contributed by atoms with van der Waals surface area (Å²) in [6.07, 6.45) is 0.908. The van der Waals surface area contributed by atoms with Crippen molar-refractivity contribution in [3.63, 3.8) is 0 Å². The van der Waals surface area contributed by atoms with E-state index in [-0.39, 0.29) is 5.75 Å². The molecular weight excluding hydrogens is 401 g/mol. The molecule has 0 radical (unpaired) electrons. The Morgan fingerprint density at radius 1 is 1.00 bits per heavy atom. The number of carbonyl (C=O) groups excluding carboxylic acids is 2. The molecule has 0 aromatic heterocycles. The Balaban J connectivity index is 1.60. The first-order chi connectivity index (χ1) is 13.4. The molecule has 0 fully saturated rings. The molecule has 3 rings (SSSR count). The number of phenols is 1. The molecule has 8 heteroatoms. The summed E-state index contributed by atoms with van der Waals surface area (Å²) in [5.41, 5.74) is 3.17. The van der Waals surface area contributed by atoms with Crippen LogP contribution >= 0.6 is 23.2 Å². The highest BCUT2D eigenvalue weighted by Gasteiger charge is 2.10. The lowest BCUT2D eigenvalue weighted by atomic mass is 10.0. The van der Waals surface area contributed by atoms with Gasteiger partial charge in [0.2, 0.25) is 11.8 Å². The number of hydrazone groups is 1. The number of anilines is 1. The number of hydrogen-bond acceptors (Lipinski definition) is 4. The largest absolute Gasteiger partial charge is 0.507 e. The molecule has 0 heterocycles. The zero-order valence-electron chi connectivity index (χ0n) is 14.4. The standard InChI is InChI=1S/C20H15Cl2N3O3/c21-16-7-6-13(9-17(16)22)24-19(27)10-20(28)25-23-11-15-14-4-2-1-3-12(14)5-8-18(15)26/h1-9,11,26H,10H2,(H,24,27)(H,25,28)/b23-11+. The highest BCUT2D eigenvalue weighted by atomic mass is 35.5. The van der Waals surface area contributed by atoms with E-state index in [0.29, 0.717) is 21.3 Å². The summed E-state index contributed by atoms with van der Waals surface area (Å²) in [6, 6.07) is 15.4. The molecule has 3 aromatic rings. The van der Waals surface area contributed by atoms with Crippen LogP contribution in [0.25, 0.3) is 10.8 Å². The van der Waals surface area contributed by atoms with Crippen molar-refractivity contribution in [2.75, 3.05) is 5.32 Å². The number of phenolic OH excluding ortho intramolecular Hbond substituents is 1. The van der Waals surface area contributed by atoms with E-state index in [4.69, 9.17) is 23.2 Å². The number of hydrogen-bond donors (Lipinski definition) is 3. The Hall–Kier alpha value is -3.09. The first-order valence-corrected chi connectivity index (χ1v) is 8.97. The van der Waals surface area contributed by atoms with Crippen molar-refractivity contribution in [3.05, 3.63) is 70.2 Å². The summed E-state index contributed by atoms with van der Waals surface area (Å²) in [4.78, 5) is 23.8. The quantitative estimate of drug-likeness (QED) is 0.329. The fourth-order valence-corrected chi connectivity index (χ4v) is 2.85. The van der Waals surface area contributed by atoms with E-state index in [9.17, 15) is 14.7 Å². The molecule has 0 bridgehead atoms. The number of nitrogens with zero attached hydrogens (tertiary/aromatic N) is 1. The van der Waals surface area contributed by atoms with Gasteiger partial charge in [0.15, 0.2) is 0 Å².